The molecule has 0 amide bonds. The van der Waals surface area contributed by atoms with Crippen LogP contribution < -0.4 is 4.90 Å². The highest BCUT2D eigenvalue weighted by Gasteiger charge is 2.24. The van der Waals surface area contributed by atoms with Crippen molar-refractivity contribution < 1.29 is 14.3 Å². The highest BCUT2D eigenvalue weighted by Crippen LogP contribution is 2.33. The van der Waals surface area contributed by atoms with Gasteiger partial charge in [0, 0.05) is 32.4 Å². The van der Waals surface area contributed by atoms with Crippen LogP contribution in [0.1, 0.15) is 23.3 Å². The molecular formula is C13H16BrClN2O3. The first-order valence-corrected chi connectivity index (χ1v) is 7.46. The van der Waals surface area contributed by atoms with Crippen molar-refractivity contribution in [1.29, 1.82) is 0 Å². The van der Waals surface area contributed by atoms with Gasteiger partial charge in [-0.1, -0.05) is 11.6 Å². The largest absolute Gasteiger partial charge is 0.464 e. The molecule has 0 spiro atoms. The van der Waals surface area contributed by atoms with Crippen LogP contribution in [-0.2, 0) is 9.47 Å². The molecule has 0 radical (unpaired) electrons. The number of pyridine rings is 1. The Hall–Kier alpha value is -0.850. The van der Waals surface area contributed by atoms with Crippen LogP contribution in [0.3, 0.4) is 0 Å². The second-order valence-corrected chi connectivity index (χ2v) is 5.75. The first-order chi connectivity index (χ1) is 9.54. The number of aromatic nitrogens is 1. The maximum Gasteiger partial charge on any atom is 0.357 e. The monoisotopic (exact) mass is 362 g/mol. The molecule has 0 bridgehead atoms. The Labute approximate surface area is 131 Å². The number of hydrogen-bond acceptors (Lipinski definition) is 5. The standard InChI is InChI=1S/C13H16BrClN2O3/c1-17(8-3-5-20-6-4-8)9-7-10(15)16-12(11(9)14)13(18)19-2/h7-8H,3-6H2,1-2H3. The van der Waals surface area contributed by atoms with E-state index in [1.165, 1.54) is 7.11 Å². The summed E-state index contributed by atoms with van der Waals surface area (Å²) in [7, 11) is 3.30. The highest BCUT2D eigenvalue weighted by atomic mass is 79.9. The van der Waals surface area contributed by atoms with E-state index in [2.05, 4.69) is 25.8 Å². The molecule has 110 valence electrons. The molecule has 0 atom stereocenters. The number of esters is 1. The molecule has 2 heterocycles. The van der Waals surface area contributed by atoms with Gasteiger partial charge >= 0.3 is 5.97 Å². The molecule has 1 aromatic heterocycles. The van der Waals surface area contributed by atoms with Crippen molar-refractivity contribution in [2.45, 2.75) is 18.9 Å². The summed E-state index contributed by atoms with van der Waals surface area (Å²) in [5, 5.41) is 0.266. The van der Waals surface area contributed by atoms with E-state index >= 15 is 0 Å². The van der Waals surface area contributed by atoms with Crippen LogP contribution in [0.4, 0.5) is 5.69 Å². The van der Waals surface area contributed by atoms with Crippen molar-refractivity contribution >= 4 is 39.2 Å². The SMILES string of the molecule is COC(=O)c1nc(Cl)cc(N(C)C2CCOCC2)c1Br. The lowest BCUT2D eigenvalue weighted by Crippen LogP contribution is -2.37. The third-order valence-electron chi connectivity index (χ3n) is 3.40. The summed E-state index contributed by atoms with van der Waals surface area (Å²) in [6.45, 7) is 1.49. The van der Waals surface area contributed by atoms with Gasteiger partial charge in [0.1, 0.15) is 5.15 Å². The van der Waals surface area contributed by atoms with Crippen LogP contribution in [0.5, 0.6) is 0 Å². The predicted octanol–water partition coefficient (Wildman–Crippen LogP) is 2.90. The summed E-state index contributed by atoms with van der Waals surface area (Å²) < 4.78 is 10.7. The predicted molar refractivity (Wildman–Crippen MR) is 80.5 cm³/mol. The van der Waals surface area contributed by atoms with E-state index in [4.69, 9.17) is 21.1 Å². The van der Waals surface area contributed by atoms with E-state index in [0.717, 1.165) is 31.7 Å². The molecule has 1 saturated heterocycles. The zero-order valence-corrected chi connectivity index (χ0v) is 13.7. The van der Waals surface area contributed by atoms with Crippen molar-refractivity contribution in [1.82, 2.24) is 4.98 Å². The molecule has 20 heavy (non-hydrogen) atoms. The van der Waals surface area contributed by atoms with E-state index in [1.807, 2.05) is 7.05 Å². The lowest BCUT2D eigenvalue weighted by atomic mass is 10.1. The first kappa shape index (κ1) is 15.5. The Kier molecular flexibility index (Phi) is 5.23. The average Bonchev–Trinajstić information content (AvgIpc) is 2.48. The number of carbonyl (C=O) groups is 1. The van der Waals surface area contributed by atoms with E-state index in [1.54, 1.807) is 6.07 Å². The van der Waals surface area contributed by atoms with E-state index in [-0.39, 0.29) is 10.8 Å². The number of hydrogen-bond donors (Lipinski definition) is 0. The quantitative estimate of drug-likeness (QED) is 0.610. The Morgan fingerprint density at radius 2 is 2.20 bits per heavy atom. The highest BCUT2D eigenvalue weighted by molar-refractivity contribution is 9.10. The maximum atomic E-state index is 11.7. The number of methoxy groups -OCH3 is 1. The van der Waals surface area contributed by atoms with Crippen LogP contribution in [0.15, 0.2) is 10.5 Å². The molecule has 1 aliphatic heterocycles. The second kappa shape index (κ2) is 6.74. The smallest absolute Gasteiger partial charge is 0.357 e. The van der Waals surface area contributed by atoms with E-state index in [9.17, 15) is 4.79 Å². The molecule has 5 nitrogen and oxygen atoms in total. The summed E-state index contributed by atoms with van der Waals surface area (Å²) in [5.41, 5.74) is 1.02. The summed E-state index contributed by atoms with van der Waals surface area (Å²) in [6.07, 6.45) is 1.88. The fourth-order valence-electron chi connectivity index (χ4n) is 2.24. The number of anilines is 1. The topological polar surface area (TPSA) is 51.7 Å². The molecule has 0 N–H and O–H groups in total. The van der Waals surface area contributed by atoms with Gasteiger partial charge in [-0.2, -0.15) is 0 Å². The minimum Gasteiger partial charge on any atom is -0.464 e. The van der Waals surface area contributed by atoms with Crippen molar-refractivity contribution in [2.24, 2.45) is 0 Å². The first-order valence-electron chi connectivity index (χ1n) is 6.29. The Morgan fingerprint density at radius 1 is 1.55 bits per heavy atom. The van der Waals surface area contributed by atoms with Gasteiger partial charge in [-0.25, -0.2) is 9.78 Å². The molecule has 1 fully saturated rings. The Bertz CT molecular complexity index is 507. The van der Waals surface area contributed by atoms with Crippen molar-refractivity contribution in [2.75, 3.05) is 32.3 Å². The normalized spacial score (nSPS) is 16.0. The fourth-order valence-corrected chi connectivity index (χ4v) is 3.08. The number of halogens is 2. The average molecular weight is 364 g/mol. The zero-order chi connectivity index (χ0) is 14.7. The minimum absolute atomic E-state index is 0.189. The third-order valence-corrected chi connectivity index (χ3v) is 4.38. The van der Waals surface area contributed by atoms with Gasteiger partial charge in [0.05, 0.1) is 17.3 Å². The molecular weight excluding hydrogens is 348 g/mol. The molecule has 1 aromatic rings. The van der Waals surface area contributed by atoms with Crippen molar-refractivity contribution in [3.8, 4) is 0 Å². The van der Waals surface area contributed by atoms with Gasteiger partial charge in [-0.05, 0) is 28.8 Å². The van der Waals surface area contributed by atoms with Crippen LogP contribution in [0, 0.1) is 0 Å². The summed E-state index contributed by atoms with van der Waals surface area (Å²) in [6, 6.07) is 2.09. The maximum absolute atomic E-state index is 11.7. The fraction of sp³-hybridized carbons (Fsp3) is 0.538. The molecule has 2 rings (SSSR count). The number of rotatable bonds is 3. The lowest BCUT2D eigenvalue weighted by Gasteiger charge is -2.33. The lowest BCUT2D eigenvalue weighted by molar-refractivity contribution is 0.0592. The minimum atomic E-state index is -0.513. The van der Waals surface area contributed by atoms with Gasteiger partial charge in [0.25, 0.3) is 0 Å². The van der Waals surface area contributed by atoms with Crippen molar-refractivity contribution in [3.05, 3.63) is 21.4 Å². The summed E-state index contributed by atoms with van der Waals surface area (Å²) in [4.78, 5) is 17.9. The van der Waals surface area contributed by atoms with E-state index in [0.29, 0.717) is 10.5 Å². The van der Waals surface area contributed by atoms with Crippen LogP contribution in [0.25, 0.3) is 0 Å². The van der Waals surface area contributed by atoms with Gasteiger partial charge < -0.3 is 14.4 Å². The molecule has 7 heteroatoms. The summed E-state index contributed by atoms with van der Waals surface area (Å²) in [5.74, 6) is -0.513. The van der Waals surface area contributed by atoms with Gasteiger partial charge in [0.2, 0.25) is 0 Å². The van der Waals surface area contributed by atoms with Gasteiger partial charge in [-0.3, -0.25) is 0 Å². The van der Waals surface area contributed by atoms with E-state index < -0.39 is 5.97 Å². The number of carbonyl (C=O) groups excluding carboxylic acids is 1. The van der Waals surface area contributed by atoms with Crippen LogP contribution in [0.2, 0.25) is 5.15 Å². The third kappa shape index (κ3) is 3.24. The molecule has 0 aliphatic carbocycles. The van der Waals surface area contributed by atoms with Crippen LogP contribution >= 0.6 is 27.5 Å². The zero-order valence-electron chi connectivity index (χ0n) is 11.4. The summed E-state index contributed by atoms with van der Waals surface area (Å²) >= 11 is 9.44. The molecule has 0 aromatic carbocycles. The molecule has 1 aliphatic rings. The number of nitrogens with zero attached hydrogens (tertiary/aromatic N) is 2. The van der Waals surface area contributed by atoms with Gasteiger partial charge in [0.15, 0.2) is 5.69 Å². The van der Waals surface area contributed by atoms with Crippen LogP contribution in [-0.4, -0.2) is 44.4 Å². The Balaban J connectivity index is 2.35. The molecule has 0 saturated carbocycles. The number of ether oxygens (including phenoxy) is 2. The Morgan fingerprint density at radius 3 is 2.80 bits per heavy atom. The van der Waals surface area contributed by atoms with Crippen molar-refractivity contribution in [3.63, 3.8) is 0 Å². The molecule has 0 unspecified atom stereocenters. The van der Waals surface area contributed by atoms with Gasteiger partial charge in [-0.15, -0.1) is 0 Å². The second-order valence-electron chi connectivity index (χ2n) is 4.57.